The first-order valence-electron chi connectivity index (χ1n) is 0.911. The fourth-order valence-corrected chi connectivity index (χ4v) is 0. The van der Waals surface area contributed by atoms with Gasteiger partial charge in [-0.2, -0.15) is 11.5 Å². The molecule has 0 fully saturated rings. The number of carbonyl (C=O) groups is 1. The lowest BCUT2D eigenvalue weighted by molar-refractivity contribution is 0.569. The maximum atomic E-state index is 9.04. The van der Waals surface area contributed by atoms with E-state index in [-0.39, 0.29) is 6.69 Å². The SMILES string of the molecule is O=CBCl. The van der Waals surface area contributed by atoms with Gasteiger partial charge in [-0.05, 0) is 0 Å². The summed E-state index contributed by atoms with van der Waals surface area (Å²) in [6.07, 6.45) is 0.640. The molecule has 0 atom stereocenters. The monoisotopic (exact) mass is 76.0 g/mol. The Kier molecular flexibility index (Phi) is 3.04. The Morgan fingerprint density at radius 3 is 2.25 bits per heavy atom. The van der Waals surface area contributed by atoms with Crippen molar-refractivity contribution in [2.24, 2.45) is 0 Å². The standard InChI is InChI=1S/CH2BClO/c3-2-1-4/h1-2H. The molecular formula is CH2BClO. The molecule has 0 amide bonds. The highest BCUT2D eigenvalue weighted by molar-refractivity contribution is 7.08. The van der Waals surface area contributed by atoms with Crippen LogP contribution in [0.4, 0.5) is 0 Å². The van der Waals surface area contributed by atoms with Crippen molar-refractivity contribution in [1.29, 1.82) is 0 Å². The fourth-order valence-electron chi connectivity index (χ4n) is 0. The molecule has 0 N–H and O–H groups in total. The topological polar surface area (TPSA) is 17.1 Å². The van der Waals surface area contributed by atoms with Gasteiger partial charge in [-0.25, -0.2) is 0 Å². The minimum absolute atomic E-state index is 0.111. The van der Waals surface area contributed by atoms with E-state index in [9.17, 15) is 0 Å². The van der Waals surface area contributed by atoms with Crippen LogP contribution >= 0.6 is 11.5 Å². The van der Waals surface area contributed by atoms with Crippen molar-refractivity contribution in [3.63, 3.8) is 0 Å². The van der Waals surface area contributed by atoms with Gasteiger partial charge in [-0.1, -0.05) is 0 Å². The molecule has 0 radical (unpaired) electrons. The zero-order valence-corrected chi connectivity index (χ0v) is 2.83. The highest BCUT2D eigenvalue weighted by Gasteiger charge is 1.64. The molecule has 0 spiro atoms. The van der Waals surface area contributed by atoms with Crippen LogP contribution in [0.15, 0.2) is 0 Å². The molecule has 22 valence electrons. The van der Waals surface area contributed by atoms with Gasteiger partial charge in [-0.3, -0.25) is 0 Å². The van der Waals surface area contributed by atoms with Crippen LogP contribution in [-0.4, -0.2) is 12.9 Å². The minimum Gasteiger partial charge on any atom is -0.313 e. The molecule has 3 heteroatoms. The van der Waals surface area contributed by atoms with E-state index in [4.69, 9.17) is 16.3 Å². The highest BCUT2D eigenvalue weighted by atomic mass is 35.5. The van der Waals surface area contributed by atoms with Crippen molar-refractivity contribution in [2.75, 3.05) is 0 Å². The first-order chi connectivity index (χ1) is 1.91. The van der Waals surface area contributed by atoms with Crippen molar-refractivity contribution < 1.29 is 4.79 Å². The predicted molar refractivity (Wildman–Crippen MR) is 19.8 cm³/mol. The quantitative estimate of drug-likeness (QED) is 0.311. The van der Waals surface area contributed by atoms with E-state index in [1.54, 1.807) is 0 Å². The van der Waals surface area contributed by atoms with Gasteiger partial charge < -0.3 is 4.79 Å². The summed E-state index contributed by atoms with van der Waals surface area (Å²) in [5.41, 5.74) is 0. The summed E-state index contributed by atoms with van der Waals surface area (Å²) >= 11 is 4.82. The van der Waals surface area contributed by atoms with E-state index < -0.39 is 0 Å². The highest BCUT2D eigenvalue weighted by Crippen LogP contribution is 1.51. The number of rotatable bonds is 1. The third-order valence-corrected chi connectivity index (χ3v) is 0.189. The maximum Gasteiger partial charge on any atom is 0.306 e. The number of halogens is 1. The molecule has 0 heterocycles. The maximum absolute atomic E-state index is 9.04. The molecule has 1 nitrogen and oxygen atoms in total. The van der Waals surface area contributed by atoms with Gasteiger partial charge in [0.15, 0.2) is 0 Å². The molecule has 0 aromatic carbocycles. The average molecular weight is 76.3 g/mol. The number of hydrogen-bond acceptors (Lipinski definition) is 1. The largest absolute Gasteiger partial charge is 0.313 e. The zero-order valence-electron chi connectivity index (χ0n) is 2.07. The Morgan fingerprint density at radius 2 is 2.25 bits per heavy atom. The molecule has 0 aromatic heterocycles. The minimum atomic E-state index is 0.111. The van der Waals surface area contributed by atoms with Crippen LogP contribution in [0, 0.1) is 0 Å². The normalized spacial score (nSPS) is 5.25. The van der Waals surface area contributed by atoms with Gasteiger partial charge in [-0.15, -0.1) is 0 Å². The van der Waals surface area contributed by atoms with Gasteiger partial charge in [0.05, 0.1) is 6.19 Å². The van der Waals surface area contributed by atoms with Crippen LogP contribution in [0.25, 0.3) is 0 Å². The van der Waals surface area contributed by atoms with Crippen LogP contribution < -0.4 is 0 Å². The first kappa shape index (κ1) is 4.02. The van der Waals surface area contributed by atoms with Crippen LogP contribution in [0.3, 0.4) is 0 Å². The molecular weight excluding hydrogens is 74.3 g/mol. The summed E-state index contributed by atoms with van der Waals surface area (Å²) in [5.74, 6) is 0. The average Bonchev–Trinajstić information content (AvgIpc) is 1.37. The first-order valence-corrected chi connectivity index (χ1v) is 1.45. The van der Waals surface area contributed by atoms with E-state index in [1.165, 1.54) is 0 Å². The van der Waals surface area contributed by atoms with Crippen molar-refractivity contribution in [1.82, 2.24) is 0 Å². The third-order valence-electron chi connectivity index (χ3n) is 0.0630. The molecule has 0 saturated carbocycles. The van der Waals surface area contributed by atoms with Gasteiger partial charge in [0.1, 0.15) is 0 Å². The van der Waals surface area contributed by atoms with Gasteiger partial charge >= 0.3 is 6.69 Å². The second-order valence-corrected chi connectivity index (χ2v) is 0.630. The van der Waals surface area contributed by atoms with Crippen molar-refractivity contribution >= 4 is 24.3 Å². The molecule has 0 saturated heterocycles. The lowest BCUT2D eigenvalue weighted by Gasteiger charge is -1.43. The lowest BCUT2D eigenvalue weighted by Crippen LogP contribution is -1.70. The van der Waals surface area contributed by atoms with E-state index in [1.807, 2.05) is 0 Å². The molecule has 0 aliphatic heterocycles. The fraction of sp³-hybridized carbons (Fsp3) is 0. The third kappa shape index (κ3) is 2.02. The van der Waals surface area contributed by atoms with Crippen LogP contribution in [0.2, 0.25) is 0 Å². The molecule has 0 unspecified atom stereocenters. The van der Waals surface area contributed by atoms with Crippen molar-refractivity contribution in [2.45, 2.75) is 0 Å². The molecule has 0 bridgehead atoms. The Hall–Kier alpha value is 0.0249. The van der Waals surface area contributed by atoms with Crippen LogP contribution in [0.1, 0.15) is 0 Å². The second kappa shape index (κ2) is 3.02. The van der Waals surface area contributed by atoms with E-state index in [2.05, 4.69) is 0 Å². The summed E-state index contributed by atoms with van der Waals surface area (Å²) < 4.78 is 0. The summed E-state index contributed by atoms with van der Waals surface area (Å²) in [5, 5.41) is 0. The van der Waals surface area contributed by atoms with Crippen LogP contribution in [-0.2, 0) is 4.79 Å². The van der Waals surface area contributed by atoms with E-state index >= 15 is 0 Å². The van der Waals surface area contributed by atoms with Gasteiger partial charge in [0, 0.05) is 0 Å². The Bertz CT molecular complexity index is 22.0. The Morgan fingerprint density at radius 1 is 2.00 bits per heavy atom. The van der Waals surface area contributed by atoms with Crippen molar-refractivity contribution in [3.05, 3.63) is 0 Å². The zero-order chi connectivity index (χ0) is 3.41. The molecule has 0 aliphatic rings. The van der Waals surface area contributed by atoms with Gasteiger partial charge in [0.25, 0.3) is 0 Å². The summed E-state index contributed by atoms with van der Waals surface area (Å²) in [6, 6.07) is 0. The van der Waals surface area contributed by atoms with E-state index in [0.717, 1.165) is 0 Å². The number of carbonyl (C=O) groups excluding carboxylic acids is 1. The molecule has 0 aliphatic carbocycles. The number of hydrogen-bond donors (Lipinski definition) is 0. The van der Waals surface area contributed by atoms with Gasteiger partial charge in [0.2, 0.25) is 0 Å². The van der Waals surface area contributed by atoms with E-state index in [0.29, 0.717) is 6.19 Å². The summed E-state index contributed by atoms with van der Waals surface area (Å²) in [6.45, 7) is 0.111. The predicted octanol–water partition coefficient (Wildman–Crippen LogP) is -0.233. The van der Waals surface area contributed by atoms with Crippen molar-refractivity contribution in [3.8, 4) is 0 Å². The summed E-state index contributed by atoms with van der Waals surface area (Å²) in [4.78, 5) is 9.04. The summed E-state index contributed by atoms with van der Waals surface area (Å²) in [7, 11) is 0. The Balaban J connectivity index is 2.30. The molecule has 0 rings (SSSR count). The van der Waals surface area contributed by atoms with Crippen LogP contribution in [0.5, 0.6) is 0 Å². The molecule has 0 aromatic rings. The lowest BCUT2D eigenvalue weighted by atomic mass is 10.2. The molecule has 4 heavy (non-hydrogen) atoms. The smallest absolute Gasteiger partial charge is 0.306 e. The second-order valence-electron chi connectivity index (χ2n) is 0.321. The Labute approximate surface area is 30.1 Å².